The summed E-state index contributed by atoms with van der Waals surface area (Å²) in [6, 6.07) is 0. The Bertz CT molecular complexity index is 362. The Morgan fingerprint density at radius 2 is 2.22 bits per heavy atom. The summed E-state index contributed by atoms with van der Waals surface area (Å²) in [6.45, 7) is 8.82. The average Bonchev–Trinajstić information content (AvgIpc) is 2.65. The zero-order chi connectivity index (χ0) is 13.0. The van der Waals surface area contributed by atoms with Crippen LogP contribution in [0.5, 0.6) is 0 Å². The van der Waals surface area contributed by atoms with Crippen molar-refractivity contribution in [3.8, 4) is 0 Å². The first kappa shape index (κ1) is 13.5. The molecular weight excluding hydrogens is 224 g/mol. The normalized spacial score (nSPS) is 25.3. The molecule has 0 bridgehead atoms. The van der Waals surface area contributed by atoms with Crippen LogP contribution in [0, 0.1) is 5.92 Å². The number of aryl methyl sites for hydroxylation is 1. The van der Waals surface area contributed by atoms with Crippen LogP contribution in [0.3, 0.4) is 0 Å². The molecule has 1 aliphatic heterocycles. The molecule has 1 fully saturated rings. The van der Waals surface area contributed by atoms with Gasteiger partial charge in [0.1, 0.15) is 12.2 Å². The summed E-state index contributed by atoms with van der Waals surface area (Å²) in [4.78, 5) is 4.45. The van der Waals surface area contributed by atoms with Gasteiger partial charge in [0, 0.05) is 18.5 Å². The maximum absolute atomic E-state index is 4.45. The van der Waals surface area contributed by atoms with Crippen LogP contribution in [-0.2, 0) is 13.0 Å². The third-order valence-corrected chi connectivity index (χ3v) is 4.35. The van der Waals surface area contributed by atoms with Gasteiger partial charge >= 0.3 is 0 Å². The Kier molecular flexibility index (Phi) is 4.38. The van der Waals surface area contributed by atoms with Crippen molar-refractivity contribution in [2.75, 3.05) is 6.54 Å². The molecule has 102 valence electrons. The van der Waals surface area contributed by atoms with Gasteiger partial charge in [0.15, 0.2) is 0 Å². The number of nitrogens with one attached hydrogen (secondary N) is 1. The molecule has 0 amide bonds. The van der Waals surface area contributed by atoms with E-state index in [4.69, 9.17) is 0 Å². The molecule has 1 atom stereocenters. The van der Waals surface area contributed by atoms with Gasteiger partial charge < -0.3 is 5.32 Å². The first-order chi connectivity index (χ1) is 8.68. The molecule has 1 N–H and O–H groups in total. The van der Waals surface area contributed by atoms with E-state index in [0.717, 1.165) is 25.3 Å². The minimum atomic E-state index is 0.205. The lowest BCUT2D eigenvalue weighted by Crippen LogP contribution is -2.51. The maximum atomic E-state index is 4.45. The van der Waals surface area contributed by atoms with Crippen molar-refractivity contribution in [1.29, 1.82) is 0 Å². The molecule has 4 nitrogen and oxygen atoms in total. The van der Waals surface area contributed by atoms with Crippen LogP contribution < -0.4 is 5.32 Å². The second-order valence-electron chi connectivity index (χ2n) is 5.72. The van der Waals surface area contributed by atoms with E-state index in [-0.39, 0.29) is 5.54 Å². The van der Waals surface area contributed by atoms with E-state index in [1.165, 1.54) is 25.7 Å². The SMILES string of the molecule is CCn1ncnc1CC1(C(C)C)CCCCCN1. The quantitative estimate of drug-likeness (QED) is 0.892. The van der Waals surface area contributed by atoms with E-state index in [1.54, 1.807) is 6.33 Å². The molecule has 0 aliphatic carbocycles. The number of aromatic nitrogens is 3. The van der Waals surface area contributed by atoms with Crippen molar-refractivity contribution in [3.63, 3.8) is 0 Å². The average molecular weight is 250 g/mol. The summed E-state index contributed by atoms with van der Waals surface area (Å²) in [5.74, 6) is 1.75. The van der Waals surface area contributed by atoms with E-state index < -0.39 is 0 Å². The molecular formula is C14H26N4. The van der Waals surface area contributed by atoms with Crippen molar-refractivity contribution < 1.29 is 0 Å². The molecule has 1 aromatic heterocycles. The van der Waals surface area contributed by atoms with Gasteiger partial charge in [0.05, 0.1) is 0 Å². The van der Waals surface area contributed by atoms with Crippen molar-refractivity contribution in [1.82, 2.24) is 20.1 Å². The molecule has 1 aromatic rings. The lowest BCUT2D eigenvalue weighted by molar-refractivity contribution is 0.219. The van der Waals surface area contributed by atoms with Gasteiger partial charge in [-0.15, -0.1) is 0 Å². The van der Waals surface area contributed by atoms with Crippen LogP contribution in [0.15, 0.2) is 6.33 Å². The predicted octanol–water partition coefficient (Wildman–Crippen LogP) is 2.40. The Morgan fingerprint density at radius 3 is 2.94 bits per heavy atom. The van der Waals surface area contributed by atoms with E-state index in [9.17, 15) is 0 Å². The fraction of sp³-hybridized carbons (Fsp3) is 0.857. The van der Waals surface area contributed by atoms with Gasteiger partial charge in [0.2, 0.25) is 0 Å². The second-order valence-corrected chi connectivity index (χ2v) is 5.72. The monoisotopic (exact) mass is 250 g/mol. The molecule has 2 heterocycles. The van der Waals surface area contributed by atoms with Crippen molar-refractivity contribution in [2.24, 2.45) is 5.92 Å². The molecule has 1 unspecified atom stereocenters. The minimum absolute atomic E-state index is 0.205. The van der Waals surface area contributed by atoms with E-state index in [0.29, 0.717) is 5.92 Å². The largest absolute Gasteiger partial charge is 0.311 e. The Labute approximate surface area is 110 Å². The first-order valence-electron chi connectivity index (χ1n) is 7.29. The van der Waals surface area contributed by atoms with Gasteiger partial charge in [-0.2, -0.15) is 5.10 Å². The third kappa shape index (κ3) is 2.74. The smallest absolute Gasteiger partial charge is 0.138 e. The van der Waals surface area contributed by atoms with Gasteiger partial charge in [-0.1, -0.05) is 26.7 Å². The van der Waals surface area contributed by atoms with Crippen LogP contribution in [0.25, 0.3) is 0 Å². The summed E-state index contributed by atoms with van der Waals surface area (Å²) < 4.78 is 2.02. The molecule has 0 radical (unpaired) electrons. The van der Waals surface area contributed by atoms with Gasteiger partial charge in [-0.25, -0.2) is 4.98 Å². The molecule has 0 spiro atoms. The fourth-order valence-electron chi connectivity index (χ4n) is 2.99. The predicted molar refractivity (Wildman–Crippen MR) is 73.4 cm³/mol. The number of hydrogen-bond acceptors (Lipinski definition) is 3. The summed E-state index contributed by atoms with van der Waals surface area (Å²) >= 11 is 0. The summed E-state index contributed by atoms with van der Waals surface area (Å²) in [6.07, 6.45) is 7.91. The first-order valence-corrected chi connectivity index (χ1v) is 7.29. The minimum Gasteiger partial charge on any atom is -0.311 e. The van der Waals surface area contributed by atoms with Crippen LogP contribution in [-0.4, -0.2) is 26.8 Å². The standard InChI is InChI=1S/C14H26N4/c1-4-18-13(15-11-17-18)10-14(12(2)3)8-6-5-7-9-16-14/h11-12,16H,4-10H2,1-3H3. The molecule has 1 saturated heterocycles. The van der Waals surface area contributed by atoms with E-state index in [2.05, 4.69) is 36.2 Å². The Hall–Kier alpha value is -0.900. The zero-order valence-electron chi connectivity index (χ0n) is 11.9. The van der Waals surface area contributed by atoms with Crippen molar-refractivity contribution in [3.05, 3.63) is 12.2 Å². The topological polar surface area (TPSA) is 42.7 Å². The third-order valence-electron chi connectivity index (χ3n) is 4.35. The number of hydrogen-bond donors (Lipinski definition) is 1. The van der Waals surface area contributed by atoms with Crippen LogP contribution in [0.4, 0.5) is 0 Å². The summed E-state index contributed by atoms with van der Waals surface area (Å²) in [5, 5.41) is 8.09. The second kappa shape index (κ2) is 5.83. The van der Waals surface area contributed by atoms with Crippen LogP contribution in [0.2, 0.25) is 0 Å². The van der Waals surface area contributed by atoms with Crippen molar-refractivity contribution in [2.45, 2.75) is 65.0 Å². The van der Waals surface area contributed by atoms with Gasteiger partial charge in [-0.3, -0.25) is 4.68 Å². The fourth-order valence-corrected chi connectivity index (χ4v) is 2.99. The Morgan fingerprint density at radius 1 is 1.39 bits per heavy atom. The molecule has 1 aliphatic rings. The highest BCUT2D eigenvalue weighted by Gasteiger charge is 2.35. The highest BCUT2D eigenvalue weighted by atomic mass is 15.3. The molecule has 2 rings (SSSR count). The van der Waals surface area contributed by atoms with Crippen LogP contribution in [0.1, 0.15) is 52.3 Å². The van der Waals surface area contributed by atoms with E-state index >= 15 is 0 Å². The lowest BCUT2D eigenvalue weighted by atomic mass is 9.79. The number of nitrogens with zero attached hydrogens (tertiary/aromatic N) is 3. The number of rotatable bonds is 4. The van der Waals surface area contributed by atoms with Gasteiger partial charge in [-0.05, 0) is 32.2 Å². The highest BCUT2D eigenvalue weighted by Crippen LogP contribution is 2.29. The highest BCUT2D eigenvalue weighted by molar-refractivity contribution is 5.02. The summed E-state index contributed by atoms with van der Waals surface area (Å²) in [5.41, 5.74) is 0.205. The maximum Gasteiger partial charge on any atom is 0.138 e. The molecule has 0 aromatic carbocycles. The summed E-state index contributed by atoms with van der Waals surface area (Å²) in [7, 11) is 0. The van der Waals surface area contributed by atoms with Crippen LogP contribution >= 0.6 is 0 Å². The zero-order valence-corrected chi connectivity index (χ0v) is 11.9. The molecule has 0 saturated carbocycles. The molecule has 18 heavy (non-hydrogen) atoms. The lowest BCUT2D eigenvalue weighted by Gasteiger charge is -2.37. The van der Waals surface area contributed by atoms with Gasteiger partial charge in [0.25, 0.3) is 0 Å². The Balaban J connectivity index is 2.19. The molecule has 4 heteroatoms. The van der Waals surface area contributed by atoms with Crippen molar-refractivity contribution >= 4 is 0 Å². The van der Waals surface area contributed by atoms with E-state index in [1.807, 2.05) is 4.68 Å².